The normalized spacial score (nSPS) is 15.7. The number of dihydropyridines is 1. The van der Waals surface area contributed by atoms with E-state index in [0.29, 0.717) is 11.5 Å². The second kappa shape index (κ2) is 24.4. The van der Waals surface area contributed by atoms with Gasteiger partial charge in [-0.2, -0.15) is 0 Å². The average molecular weight is 635 g/mol. The highest BCUT2D eigenvalue weighted by atomic mass is 32.2. The van der Waals surface area contributed by atoms with Gasteiger partial charge in [-0.15, -0.1) is 0 Å². The molecule has 0 bridgehead atoms. The molecular formula is C39H63BN2O2S. The molecular weight excluding hydrogens is 571 g/mol. The largest absolute Gasteiger partial charge is 0.412 e. The first-order valence-corrected chi connectivity index (χ1v) is 18.3. The summed E-state index contributed by atoms with van der Waals surface area (Å²) < 4.78 is 11.2. The Hall–Kier alpha value is -2.83. The zero-order chi connectivity index (χ0) is 33.7. The Morgan fingerprint density at radius 2 is 1.53 bits per heavy atom. The van der Waals surface area contributed by atoms with E-state index in [0.717, 1.165) is 22.8 Å². The SMILES string of the molecule is CC.CC.CC.CCC(C)(C)c1ccc(S(C)=O)cc1.O.[B]/C(C=C)=C1\C=C(c2ccccc2C)C=C(NC2CCCCC2)N1. The predicted octanol–water partition coefficient (Wildman–Crippen LogP) is 9.68. The van der Waals surface area contributed by atoms with Crippen molar-refractivity contribution in [3.63, 3.8) is 0 Å². The third kappa shape index (κ3) is 14.9. The molecule has 1 heterocycles. The van der Waals surface area contributed by atoms with Crippen molar-refractivity contribution in [3.05, 3.63) is 107 Å². The highest BCUT2D eigenvalue weighted by Gasteiger charge is 2.19. The molecule has 0 amide bonds. The molecule has 4 N–H and O–H groups in total. The van der Waals surface area contributed by atoms with Gasteiger partial charge in [0.2, 0.25) is 0 Å². The number of benzene rings is 2. The Kier molecular flexibility index (Phi) is 24.0. The van der Waals surface area contributed by atoms with Crippen LogP contribution in [0.25, 0.3) is 5.57 Å². The molecule has 4 nitrogen and oxygen atoms in total. The van der Waals surface area contributed by atoms with Crippen molar-refractivity contribution < 1.29 is 9.69 Å². The molecule has 2 aromatic rings. The summed E-state index contributed by atoms with van der Waals surface area (Å²) in [7, 11) is 5.25. The number of hydrogen-bond acceptors (Lipinski definition) is 3. The molecule has 1 aliphatic heterocycles. The van der Waals surface area contributed by atoms with Gasteiger partial charge in [-0.05, 0) is 78.1 Å². The van der Waals surface area contributed by atoms with Crippen LogP contribution in [0, 0.1) is 6.92 Å². The summed E-state index contributed by atoms with van der Waals surface area (Å²) in [4.78, 5) is 0.903. The van der Waals surface area contributed by atoms with Gasteiger partial charge in [0.1, 0.15) is 13.7 Å². The summed E-state index contributed by atoms with van der Waals surface area (Å²) in [6, 6.07) is 17.1. The maximum atomic E-state index is 11.2. The smallest absolute Gasteiger partial charge is 0.116 e. The van der Waals surface area contributed by atoms with Gasteiger partial charge >= 0.3 is 0 Å². The van der Waals surface area contributed by atoms with Crippen molar-refractivity contribution >= 4 is 24.2 Å². The summed E-state index contributed by atoms with van der Waals surface area (Å²) in [6.45, 7) is 24.6. The van der Waals surface area contributed by atoms with E-state index >= 15 is 0 Å². The lowest BCUT2D eigenvalue weighted by Crippen LogP contribution is -2.37. The van der Waals surface area contributed by atoms with Gasteiger partial charge in [0.15, 0.2) is 0 Å². The standard InChI is InChI=1S/C21H25BN2.C12H18OS.3C2H6.H2O/c1-3-19(22)20-13-16(18-12-8-7-9-15(18)2)14-21(24-20)23-17-10-5-4-6-11-17;1-5-12(2,3)10-6-8-11(9-7-10)14(4)13;3*1-2;/h3,7-9,12-14,17,23-24H,1,4-6,10-11H2,2H3;6-9H,5H2,1-4H3;3*1-2H3;1H2/b20-19+;;;;;. The van der Waals surface area contributed by atoms with Gasteiger partial charge in [-0.25, -0.2) is 0 Å². The average Bonchev–Trinajstić information content (AvgIpc) is 3.08. The van der Waals surface area contributed by atoms with Crippen LogP contribution in [-0.4, -0.2) is 29.8 Å². The maximum Gasteiger partial charge on any atom is 0.116 e. The first-order valence-electron chi connectivity index (χ1n) is 16.7. The van der Waals surface area contributed by atoms with Crippen LogP contribution in [0.15, 0.2) is 95.2 Å². The Labute approximate surface area is 281 Å². The lowest BCUT2D eigenvalue weighted by Gasteiger charge is -2.29. The quantitative estimate of drug-likeness (QED) is 0.298. The summed E-state index contributed by atoms with van der Waals surface area (Å²) in [5, 5.41) is 7.10. The van der Waals surface area contributed by atoms with E-state index in [2.05, 4.69) is 93.5 Å². The van der Waals surface area contributed by atoms with E-state index in [-0.39, 0.29) is 10.9 Å². The van der Waals surface area contributed by atoms with E-state index in [4.69, 9.17) is 7.85 Å². The molecule has 2 radical (unpaired) electrons. The van der Waals surface area contributed by atoms with E-state index in [1.165, 1.54) is 54.4 Å². The number of nitrogens with one attached hydrogen (secondary N) is 2. The monoisotopic (exact) mass is 634 g/mol. The number of rotatable bonds is 7. The van der Waals surface area contributed by atoms with Crippen LogP contribution in [0.2, 0.25) is 0 Å². The molecule has 4 rings (SSSR count). The number of allylic oxidation sites excluding steroid dienone is 5. The fourth-order valence-electron chi connectivity index (χ4n) is 4.73. The van der Waals surface area contributed by atoms with Gasteiger partial charge in [0.25, 0.3) is 0 Å². The van der Waals surface area contributed by atoms with Crippen LogP contribution in [0.3, 0.4) is 0 Å². The van der Waals surface area contributed by atoms with Crippen molar-refractivity contribution in [2.75, 3.05) is 6.26 Å². The number of hydrogen-bond donors (Lipinski definition) is 2. The van der Waals surface area contributed by atoms with Gasteiger partial charge < -0.3 is 16.1 Å². The summed E-state index contributed by atoms with van der Waals surface area (Å²) >= 11 is 0. The minimum Gasteiger partial charge on any atom is -0.412 e. The molecule has 1 fully saturated rings. The summed E-state index contributed by atoms with van der Waals surface area (Å²) in [6.07, 6.45) is 15.2. The Balaban J connectivity index is 0. The lowest BCUT2D eigenvalue weighted by molar-refractivity contribution is 0.391. The zero-order valence-corrected chi connectivity index (χ0v) is 31.1. The third-order valence-corrected chi connectivity index (χ3v) is 8.61. The van der Waals surface area contributed by atoms with Crippen molar-refractivity contribution in [2.24, 2.45) is 0 Å². The van der Waals surface area contributed by atoms with Crippen LogP contribution in [0.5, 0.6) is 0 Å². The molecule has 250 valence electrons. The van der Waals surface area contributed by atoms with Gasteiger partial charge in [0.05, 0.1) is 0 Å². The Bertz CT molecular complexity index is 1220. The number of aryl methyl sites for hydroxylation is 1. The molecule has 1 unspecified atom stereocenters. The van der Waals surface area contributed by atoms with Crippen LogP contribution in [0.4, 0.5) is 0 Å². The molecule has 0 spiro atoms. The van der Waals surface area contributed by atoms with Crippen LogP contribution >= 0.6 is 0 Å². The van der Waals surface area contributed by atoms with Gasteiger partial charge in [-0.3, -0.25) is 4.21 Å². The highest BCUT2D eigenvalue weighted by molar-refractivity contribution is 7.84. The molecule has 2 aromatic carbocycles. The molecule has 0 saturated heterocycles. The van der Waals surface area contributed by atoms with Crippen molar-refractivity contribution in [1.29, 1.82) is 0 Å². The fraction of sp³-hybridized carbons (Fsp3) is 0.487. The lowest BCUT2D eigenvalue weighted by atomic mass is 9.82. The zero-order valence-electron chi connectivity index (χ0n) is 30.3. The van der Waals surface area contributed by atoms with Crippen molar-refractivity contribution in [1.82, 2.24) is 10.6 Å². The maximum absolute atomic E-state index is 11.2. The molecule has 45 heavy (non-hydrogen) atoms. The van der Waals surface area contributed by atoms with Crippen molar-refractivity contribution in [3.8, 4) is 0 Å². The molecule has 0 aromatic heterocycles. The van der Waals surface area contributed by atoms with Crippen LogP contribution < -0.4 is 10.6 Å². The highest BCUT2D eigenvalue weighted by Crippen LogP contribution is 2.28. The fourth-order valence-corrected chi connectivity index (χ4v) is 5.25. The molecule has 1 saturated carbocycles. The topological polar surface area (TPSA) is 72.6 Å². The molecule has 1 atom stereocenters. The third-order valence-electron chi connectivity index (χ3n) is 7.67. The van der Waals surface area contributed by atoms with Gasteiger partial charge in [-0.1, -0.05) is 136 Å². The van der Waals surface area contributed by atoms with Crippen LogP contribution in [-0.2, 0) is 16.2 Å². The molecule has 2 aliphatic rings. The summed E-state index contributed by atoms with van der Waals surface area (Å²) in [5.74, 6) is 1.03. The summed E-state index contributed by atoms with van der Waals surface area (Å²) in [5.41, 5.74) is 6.76. The van der Waals surface area contributed by atoms with E-state index in [9.17, 15) is 4.21 Å². The first kappa shape index (κ1) is 44.3. The van der Waals surface area contributed by atoms with E-state index in [1.54, 1.807) is 12.3 Å². The second-order valence-electron chi connectivity index (χ2n) is 10.9. The minimum atomic E-state index is -0.866. The van der Waals surface area contributed by atoms with E-state index in [1.807, 2.05) is 53.7 Å². The van der Waals surface area contributed by atoms with E-state index < -0.39 is 10.8 Å². The molecule has 6 heteroatoms. The Morgan fingerprint density at radius 3 is 2.02 bits per heavy atom. The first-order chi connectivity index (χ1) is 21.1. The van der Waals surface area contributed by atoms with Crippen molar-refractivity contribution in [2.45, 2.75) is 124 Å². The minimum absolute atomic E-state index is 0. The Morgan fingerprint density at radius 1 is 0.978 bits per heavy atom. The molecule has 1 aliphatic carbocycles. The van der Waals surface area contributed by atoms with Crippen LogP contribution in [0.1, 0.15) is 118 Å². The predicted molar refractivity (Wildman–Crippen MR) is 203 cm³/mol. The second-order valence-corrected chi connectivity index (χ2v) is 12.2. The van der Waals surface area contributed by atoms with Gasteiger partial charge in [0, 0.05) is 33.7 Å².